The van der Waals surface area contributed by atoms with Gasteiger partial charge in [0.1, 0.15) is 0 Å². The van der Waals surface area contributed by atoms with Gasteiger partial charge >= 0.3 is 0 Å². The van der Waals surface area contributed by atoms with E-state index in [0.29, 0.717) is 5.92 Å². The van der Waals surface area contributed by atoms with Gasteiger partial charge in [0, 0.05) is 28.1 Å². The molecule has 148 valence electrons. The minimum Gasteiger partial charge on any atom is -0.250 e. The summed E-state index contributed by atoms with van der Waals surface area (Å²) in [5, 5.41) is 0. The molecule has 5 rings (SSSR count). The van der Waals surface area contributed by atoms with Gasteiger partial charge in [-0.1, -0.05) is 104 Å². The third kappa shape index (κ3) is 3.46. The number of hydrogen-bond donors (Lipinski definition) is 0. The van der Waals surface area contributed by atoms with Crippen LogP contribution in [-0.2, 0) is 0 Å². The van der Waals surface area contributed by atoms with Crippen LogP contribution in [0.2, 0.25) is 0 Å². The Morgan fingerprint density at radius 3 is 2.17 bits per heavy atom. The van der Waals surface area contributed by atoms with Gasteiger partial charge in [-0.2, -0.15) is 0 Å². The number of hydrogen-bond acceptors (Lipinski definition) is 2. The van der Waals surface area contributed by atoms with E-state index in [1.165, 1.54) is 43.5 Å². The van der Waals surface area contributed by atoms with Gasteiger partial charge in [0.05, 0.1) is 11.4 Å². The van der Waals surface area contributed by atoms with Crippen LogP contribution >= 0.6 is 11.8 Å². The molecule has 2 unspecified atom stereocenters. The highest BCUT2D eigenvalue weighted by atomic mass is 32.2. The molecule has 2 heteroatoms. The molecule has 0 radical (unpaired) electrons. The summed E-state index contributed by atoms with van der Waals surface area (Å²) >= 11 is 1.86. The van der Waals surface area contributed by atoms with Crippen LogP contribution in [0.4, 0.5) is 5.69 Å². The number of rotatable bonds is 4. The van der Waals surface area contributed by atoms with E-state index in [1.54, 1.807) is 0 Å². The highest BCUT2D eigenvalue weighted by molar-refractivity contribution is 8.04. The first-order valence-electron chi connectivity index (χ1n) is 10.6. The van der Waals surface area contributed by atoms with Gasteiger partial charge in [0.25, 0.3) is 0 Å². The molecule has 0 N–H and O–H groups in total. The van der Waals surface area contributed by atoms with Crippen molar-refractivity contribution in [1.29, 1.82) is 0 Å². The van der Waals surface area contributed by atoms with E-state index in [2.05, 4.69) is 105 Å². The second-order valence-corrected chi connectivity index (χ2v) is 9.09. The third-order valence-electron chi connectivity index (χ3n) is 6.16. The first kappa shape index (κ1) is 19.1. The average molecular weight is 408 g/mol. The molecule has 1 aliphatic heterocycles. The van der Waals surface area contributed by atoms with E-state index in [9.17, 15) is 0 Å². The van der Waals surface area contributed by atoms with Crippen LogP contribution in [0.25, 0.3) is 0 Å². The summed E-state index contributed by atoms with van der Waals surface area (Å²) < 4.78 is 0. The maximum Gasteiger partial charge on any atom is 0.0814 e. The Labute approximate surface area is 183 Å². The van der Waals surface area contributed by atoms with Gasteiger partial charge in [0.15, 0.2) is 0 Å². The molecule has 0 bridgehead atoms. The van der Waals surface area contributed by atoms with Gasteiger partial charge in [0.2, 0.25) is 0 Å². The maximum atomic E-state index is 5.23. The summed E-state index contributed by atoms with van der Waals surface area (Å²) in [6, 6.07) is 26.2. The van der Waals surface area contributed by atoms with E-state index in [-0.39, 0.29) is 5.92 Å². The Bertz CT molecular complexity index is 1160. The molecule has 3 aromatic rings. The number of fused-ring (bicyclic) bond motifs is 2. The monoisotopic (exact) mass is 407 g/mol. The van der Waals surface area contributed by atoms with Crippen LogP contribution < -0.4 is 0 Å². The smallest absolute Gasteiger partial charge is 0.0814 e. The molecule has 0 aromatic heterocycles. The number of thioether (sulfide) groups is 1. The van der Waals surface area contributed by atoms with Crippen LogP contribution in [0.3, 0.4) is 0 Å². The molecule has 0 saturated carbocycles. The van der Waals surface area contributed by atoms with Gasteiger partial charge in [-0.15, -0.1) is 0 Å². The maximum absolute atomic E-state index is 5.23. The van der Waals surface area contributed by atoms with Crippen LogP contribution in [0, 0.1) is 0 Å². The van der Waals surface area contributed by atoms with Crippen molar-refractivity contribution in [3.63, 3.8) is 0 Å². The molecule has 1 aliphatic carbocycles. The second kappa shape index (κ2) is 8.12. The SMILES string of the molecule is CC(c1ccccc1)c1ccc2c(c1C(C)c1ccccc1)N=C1CC=CC=C1S2. The van der Waals surface area contributed by atoms with Gasteiger partial charge in [-0.05, 0) is 34.4 Å². The average Bonchev–Trinajstić information content (AvgIpc) is 2.82. The number of aliphatic imine (C=N–C) groups is 1. The Kier molecular flexibility index (Phi) is 5.18. The van der Waals surface area contributed by atoms with Crippen molar-refractivity contribution in [1.82, 2.24) is 0 Å². The summed E-state index contributed by atoms with van der Waals surface area (Å²) in [5.41, 5.74) is 7.78. The lowest BCUT2D eigenvalue weighted by molar-refractivity contribution is 0.838. The molecular weight excluding hydrogens is 382 g/mol. The molecule has 2 aliphatic rings. The van der Waals surface area contributed by atoms with E-state index >= 15 is 0 Å². The van der Waals surface area contributed by atoms with Crippen molar-refractivity contribution in [2.24, 2.45) is 4.99 Å². The van der Waals surface area contributed by atoms with Gasteiger partial charge in [-0.3, -0.25) is 4.99 Å². The van der Waals surface area contributed by atoms with Crippen LogP contribution in [0.1, 0.15) is 54.4 Å². The van der Waals surface area contributed by atoms with E-state index in [4.69, 9.17) is 4.99 Å². The lowest BCUT2D eigenvalue weighted by Gasteiger charge is -2.28. The standard InChI is InChI=1S/C28H25NS/c1-19(21-11-5-3-6-12-21)23-17-18-26-28(29-24-15-9-10-16-25(24)30-26)27(23)20(2)22-13-7-4-8-14-22/h3-14,16-20H,15H2,1-2H3. The zero-order chi connectivity index (χ0) is 20.5. The first-order valence-corrected chi connectivity index (χ1v) is 11.4. The quantitative estimate of drug-likeness (QED) is 0.426. The molecule has 0 spiro atoms. The second-order valence-electron chi connectivity index (χ2n) is 8.00. The topological polar surface area (TPSA) is 12.4 Å². The lowest BCUT2D eigenvalue weighted by atomic mass is 9.82. The molecule has 1 nitrogen and oxygen atoms in total. The van der Waals surface area contributed by atoms with Crippen molar-refractivity contribution in [3.8, 4) is 0 Å². The minimum atomic E-state index is 0.275. The van der Waals surface area contributed by atoms with Crippen LogP contribution in [0.5, 0.6) is 0 Å². The summed E-state index contributed by atoms with van der Waals surface area (Å²) in [6.07, 6.45) is 7.45. The minimum absolute atomic E-state index is 0.275. The Morgan fingerprint density at radius 1 is 0.800 bits per heavy atom. The summed E-state index contributed by atoms with van der Waals surface area (Å²) in [7, 11) is 0. The molecule has 0 saturated heterocycles. The third-order valence-corrected chi connectivity index (χ3v) is 7.30. The number of allylic oxidation sites excluding steroid dienone is 4. The Balaban J connectivity index is 1.70. The number of benzene rings is 3. The first-order chi connectivity index (χ1) is 14.7. The van der Waals surface area contributed by atoms with Crippen molar-refractivity contribution in [2.45, 2.75) is 37.0 Å². The summed E-state index contributed by atoms with van der Waals surface area (Å²) in [6.45, 7) is 4.64. The lowest BCUT2D eigenvalue weighted by Crippen LogP contribution is -2.11. The number of nitrogens with zero attached hydrogens (tertiary/aromatic N) is 1. The van der Waals surface area contributed by atoms with Crippen LogP contribution in [0.15, 0.2) is 106 Å². The summed E-state index contributed by atoms with van der Waals surface area (Å²) in [5.74, 6) is 0.586. The predicted octanol–water partition coefficient (Wildman–Crippen LogP) is 8.01. The molecule has 2 atom stereocenters. The fourth-order valence-electron chi connectivity index (χ4n) is 4.44. The van der Waals surface area contributed by atoms with Gasteiger partial charge < -0.3 is 0 Å². The largest absolute Gasteiger partial charge is 0.250 e. The van der Waals surface area contributed by atoms with E-state index in [0.717, 1.165) is 6.42 Å². The molecule has 0 fully saturated rings. The van der Waals surface area contributed by atoms with E-state index < -0.39 is 0 Å². The molecule has 1 heterocycles. The normalized spacial score (nSPS) is 16.7. The summed E-state index contributed by atoms with van der Waals surface area (Å²) in [4.78, 5) is 7.78. The zero-order valence-electron chi connectivity index (χ0n) is 17.4. The van der Waals surface area contributed by atoms with Crippen LogP contribution in [-0.4, -0.2) is 5.71 Å². The molecule has 0 amide bonds. The van der Waals surface area contributed by atoms with Crippen molar-refractivity contribution < 1.29 is 0 Å². The fourth-order valence-corrected chi connectivity index (χ4v) is 5.46. The Hall–Kier alpha value is -2.84. The molecular formula is C28H25NS. The van der Waals surface area contributed by atoms with Gasteiger partial charge in [-0.25, -0.2) is 0 Å². The Morgan fingerprint density at radius 2 is 1.47 bits per heavy atom. The van der Waals surface area contributed by atoms with Crippen molar-refractivity contribution in [3.05, 3.63) is 118 Å². The molecule has 30 heavy (non-hydrogen) atoms. The highest BCUT2D eigenvalue weighted by Gasteiger charge is 2.27. The predicted molar refractivity (Wildman–Crippen MR) is 129 cm³/mol. The zero-order valence-corrected chi connectivity index (χ0v) is 18.2. The fraction of sp³-hybridized carbons (Fsp3) is 0.179. The highest BCUT2D eigenvalue weighted by Crippen LogP contribution is 2.49. The van der Waals surface area contributed by atoms with Crippen molar-refractivity contribution in [2.75, 3.05) is 0 Å². The van der Waals surface area contributed by atoms with E-state index in [1.807, 2.05) is 11.8 Å². The molecule has 3 aromatic carbocycles. The van der Waals surface area contributed by atoms with Crippen molar-refractivity contribution >= 4 is 23.2 Å².